The number of pyridine rings is 1. The van der Waals surface area contributed by atoms with Crippen molar-refractivity contribution in [3.8, 4) is 0 Å². The second kappa shape index (κ2) is 8.96. The van der Waals surface area contributed by atoms with Gasteiger partial charge in [0.2, 0.25) is 0 Å². The molecule has 3 rings (SSSR count). The highest BCUT2D eigenvalue weighted by Gasteiger charge is 2.21. The van der Waals surface area contributed by atoms with Gasteiger partial charge in [0, 0.05) is 42.6 Å². The molecule has 122 valence electrons. The molecule has 0 bridgehead atoms. The topological polar surface area (TPSA) is 28.2 Å². The summed E-state index contributed by atoms with van der Waals surface area (Å²) in [4.78, 5) is 6.73. The zero-order valence-corrected chi connectivity index (χ0v) is 13.4. The van der Waals surface area contributed by atoms with Gasteiger partial charge in [-0.25, -0.2) is 0 Å². The van der Waals surface area contributed by atoms with Crippen molar-refractivity contribution >= 4 is 28.9 Å². The average molecular weight is 322 g/mol. The Bertz CT molecular complexity index is 573. The summed E-state index contributed by atoms with van der Waals surface area (Å²) in [6.07, 6.45) is 7.62. The van der Waals surface area contributed by atoms with Gasteiger partial charge in [-0.1, -0.05) is 26.8 Å². The summed E-state index contributed by atoms with van der Waals surface area (Å²) >= 11 is 0. The summed E-state index contributed by atoms with van der Waals surface area (Å²) in [6, 6.07) is 9.20. The molecule has 1 N–H and O–H groups in total. The number of likely N-dealkylation sites (tertiary alicyclic amines) is 1. The number of hydrogen-bond donors (Lipinski definition) is 1. The van der Waals surface area contributed by atoms with Gasteiger partial charge in [0.25, 0.3) is 0 Å². The van der Waals surface area contributed by atoms with Gasteiger partial charge >= 0.3 is 0 Å². The number of nitrogens with one attached hydrogen (secondary N) is 1. The maximum Gasteiger partial charge on any atom is 0.0400 e. The molecule has 0 radical (unpaired) electrons. The maximum atomic E-state index is 4.16. The third-order valence-corrected chi connectivity index (χ3v) is 4.11. The zero-order chi connectivity index (χ0) is 13.8. The molecule has 2 heterocycles. The fourth-order valence-corrected chi connectivity index (χ4v) is 2.94. The van der Waals surface area contributed by atoms with E-state index in [1.54, 1.807) is 0 Å². The number of hydrogen-bond acceptors (Lipinski definition) is 3. The van der Waals surface area contributed by atoms with Gasteiger partial charge < -0.3 is 10.2 Å². The van der Waals surface area contributed by atoms with E-state index in [1.165, 1.54) is 55.4 Å². The van der Waals surface area contributed by atoms with Crippen LogP contribution in [0.4, 0.5) is 5.69 Å². The number of halogens is 1. The highest BCUT2D eigenvalue weighted by molar-refractivity contribution is 5.85. The van der Waals surface area contributed by atoms with Crippen LogP contribution in [0.15, 0.2) is 36.7 Å². The summed E-state index contributed by atoms with van der Waals surface area (Å²) in [6.45, 7) is 5.91. The predicted octanol–water partition coefficient (Wildman–Crippen LogP) is 4.58. The summed E-state index contributed by atoms with van der Waals surface area (Å²) in [5, 5.41) is 6.14. The van der Waals surface area contributed by atoms with Gasteiger partial charge in [0.1, 0.15) is 0 Å². The third-order valence-electron chi connectivity index (χ3n) is 4.11. The molecular formula is C18H28ClN3. The van der Waals surface area contributed by atoms with Crippen molar-refractivity contribution in [2.75, 3.05) is 25.0 Å². The molecule has 1 aromatic heterocycles. The SMILES string of the molecule is C.CCCCN1CC[C@@H](Nc2ccc3cnccc3c2)C1.Cl. The largest absolute Gasteiger partial charge is 0.381 e. The second-order valence-electron chi connectivity index (χ2n) is 5.72. The summed E-state index contributed by atoms with van der Waals surface area (Å²) < 4.78 is 0. The number of fused-ring (bicyclic) bond motifs is 1. The van der Waals surface area contributed by atoms with Crippen molar-refractivity contribution in [1.29, 1.82) is 0 Å². The standard InChI is InChI=1S/C17H23N3.CH4.ClH/c1-2-3-9-20-10-7-17(13-20)19-16-5-4-15-12-18-8-6-14(15)11-16;;/h4-6,8,11-12,17,19H,2-3,7,9-10,13H2,1H3;1H4;1H/t17-;;/m1../s1. The molecule has 0 aliphatic carbocycles. The Labute approximate surface area is 140 Å². The predicted molar refractivity (Wildman–Crippen MR) is 99.1 cm³/mol. The van der Waals surface area contributed by atoms with E-state index >= 15 is 0 Å². The van der Waals surface area contributed by atoms with Crippen molar-refractivity contribution in [3.63, 3.8) is 0 Å². The zero-order valence-electron chi connectivity index (χ0n) is 12.6. The number of unbranched alkanes of at least 4 members (excludes halogenated alkanes) is 1. The van der Waals surface area contributed by atoms with Crippen molar-refractivity contribution in [2.24, 2.45) is 0 Å². The molecule has 1 aromatic carbocycles. The van der Waals surface area contributed by atoms with Gasteiger partial charge in [0.15, 0.2) is 0 Å². The van der Waals surface area contributed by atoms with Crippen LogP contribution in [0.3, 0.4) is 0 Å². The van der Waals surface area contributed by atoms with E-state index in [1.807, 2.05) is 12.4 Å². The van der Waals surface area contributed by atoms with Crippen molar-refractivity contribution in [1.82, 2.24) is 9.88 Å². The Morgan fingerprint density at radius 2 is 2.14 bits per heavy atom. The lowest BCUT2D eigenvalue weighted by molar-refractivity contribution is 0.330. The number of aromatic nitrogens is 1. The molecule has 0 saturated carbocycles. The number of anilines is 1. The third kappa shape index (κ3) is 4.59. The Hall–Kier alpha value is -1.32. The van der Waals surface area contributed by atoms with Crippen LogP contribution in [0.1, 0.15) is 33.6 Å². The molecule has 3 nitrogen and oxygen atoms in total. The molecular weight excluding hydrogens is 294 g/mol. The van der Waals surface area contributed by atoms with Crippen LogP contribution in [-0.4, -0.2) is 35.6 Å². The van der Waals surface area contributed by atoms with Crippen LogP contribution >= 0.6 is 12.4 Å². The average Bonchev–Trinajstić information content (AvgIpc) is 2.92. The first kappa shape index (κ1) is 18.7. The van der Waals surface area contributed by atoms with Gasteiger partial charge in [0.05, 0.1) is 0 Å². The quantitative estimate of drug-likeness (QED) is 0.873. The minimum Gasteiger partial charge on any atom is -0.381 e. The molecule has 2 aromatic rings. The van der Waals surface area contributed by atoms with Gasteiger partial charge in [-0.15, -0.1) is 12.4 Å². The lowest BCUT2D eigenvalue weighted by atomic mass is 10.1. The van der Waals surface area contributed by atoms with E-state index in [-0.39, 0.29) is 19.8 Å². The van der Waals surface area contributed by atoms with Crippen LogP contribution in [0.25, 0.3) is 10.8 Å². The van der Waals surface area contributed by atoms with E-state index < -0.39 is 0 Å². The van der Waals surface area contributed by atoms with Crippen LogP contribution in [0, 0.1) is 0 Å². The Morgan fingerprint density at radius 1 is 1.27 bits per heavy atom. The molecule has 22 heavy (non-hydrogen) atoms. The fraction of sp³-hybridized carbons (Fsp3) is 0.500. The van der Waals surface area contributed by atoms with Gasteiger partial charge in [-0.2, -0.15) is 0 Å². The first-order chi connectivity index (χ1) is 9.85. The normalized spacial score (nSPS) is 17.8. The summed E-state index contributed by atoms with van der Waals surface area (Å²) in [5.41, 5.74) is 1.23. The highest BCUT2D eigenvalue weighted by Crippen LogP contribution is 2.21. The molecule has 1 aliphatic rings. The Balaban J connectivity index is 0.00000121. The minimum atomic E-state index is 0. The number of benzene rings is 1. The minimum absolute atomic E-state index is 0. The smallest absolute Gasteiger partial charge is 0.0400 e. The van der Waals surface area contributed by atoms with E-state index in [4.69, 9.17) is 0 Å². The highest BCUT2D eigenvalue weighted by atomic mass is 35.5. The van der Waals surface area contributed by atoms with E-state index in [9.17, 15) is 0 Å². The van der Waals surface area contributed by atoms with Crippen molar-refractivity contribution in [3.05, 3.63) is 36.7 Å². The van der Waals surface area contributed by atoms with Crippen molar-refractivity contribution < 1.29 is 0 Å². The van der Waals surface area contributed by atoms with E-state index in [0.717, 1.165) is 0 Å². The van der Waals surface area contributed by atoms with Gasteiger partial charge in [-0.3, -0.25) is 4.98 Å². The molecule has 0 amide bonds. The lowest BCUT2D eigenvalue weighted by Gasteiger charge is -2.17. The lowest BCUT2D eigenvalue weighted by Crippen LogP contribution is -2.26. The second-order valence-corrected chi connectivity index (χ2v) is 5.72. The molecule has 1 fully saturated rings. The fourth-order valence-electron chi connectivity index (χ4n) is 2.94. The Morgan fingerprint density at radius 3 is 2.95 bits per heavy atom. The number of rotatable bonds is 5. The molecule has 1 atom stereocenters. The van der Waals surface area contributed by atoms with Crippen LogP contribution < -0.4 is 5.32 Å². The molecule has 0 unspecified atom stereocenters. The molecule has 1 saturated heterocycles. The van der Waals surface area contributed by atoms with E-state index in [2.05, 4.69) is 46.4 Å². The van der Waals surface area contributed by atoms with Crippen LogP contribution in [-0.2, 0) is 0 Å². The van der Waals surface area contributed by atoms with Crippen LogP contribution in [0.5, 0.6) is 0 Å². The maximum absolute atomic E-state index is 4.16. The first-order valence-corrected chi connectivity index (χ1v) is 7.68. The van der Waals surface area contributed by atoms with Crippen LogP contribution in [0.2, 0.25) is 0 Å². The van der Waals surface area contributed by atoms with Crippen molar-refractivity contribution in [2.45, 2.75) is 39.7 Å². The molecule has 0 spiro atoms. The number of nitrogens with zero attached hydrogens (tertiary/aromatic N) is 2. The molecule has 1 aliphatic heterocycles. The first-order valence-electron chi connectivity index (χ1n) is 7.68. The monoisotopic (exact) mass is 321 g/mol. The van der Waals surface area contributed by atoms with Gasteiger partial charge in [-0.05, 0) is 43.0 Å². The van der Waals surface area contributed by atoms with E-state index in [0.29, 0.717) is 6.04 Å². The molecule has 4 heteroatoms. The summed E-state index contributed by atoms with van der Waals surface area (Å²) in [7, 11) is 0. The Kier molecular flexibility index (Phi) is 7.63. The summed E-state index contributed by atoms with van der Waals surface area (Å²) in [5.74, 6) is 0.